The third-order valence-electron chi connectivity index (χ3n) is 3.56. The van der Waals surface area contributed by atoms with E-state index in [1.807, 2.05) is 29.1 Å². The molecule has 0 aliphatic rings. The number of rotatable bonds is 6. The molecule has 0 aliphatic carbocycles. The van der Waals surface area contributed by atoms with Gasteiger partial charge < -0.3 is 4.42 Å². The molecule has 0 spiro atoms. The van der Waals surface area contributed by atoms with Crippen LogP contribution in [0.1, 0.15) is 23.2 Å². The van der Waals surface area contributed by atoms with Crippen molar-refractivity contribution >= 4 is 5.78 Å². The monoisotopic (exact) mass is 311 g/mol. The van der Waals surface area contributed by atoms with Crippen LogP contribution in [0.5, 0.6) is 0 Å². The molecule has 2 aromatic heterocycles. The highest BCUT2D eigenvalue weighted by Crippen LogP contribution is 2.14. The van der Waals surface area contributed by atoms with Gasteiger partial charge in [0.25, 0.3) is 0 Å². The number of oxazole rings is 1. The second-order valence-corrected chi connectivity index (χ2v) is 5.20. The minimum atomic E-state index is -0.330. The first-order valence-corrected chi connectivity index (χ1v) is 7.40. The van der Waals surface area contributed by atoms with Gasteiger partial charge in [-0.1, -0.05) is 0 Å². The van der Waals surface area contributed by atoms with Gasteiger partial charge in [-0.3, -0.25) is 4.79 Å². The van der Waals surface area contributed by atoms with Crippen LogP contribution in [0.3, 0.4) is 0 Å². The van der Waals surface area contributed by atoms with Crippen molar-refractivity contribution in [2.24, 2.45) is 0 Å². The Balaban J connectivity index is 1.52. The van der Waals surface area contributed by atoms with E-state index >= 15 is 0 Å². The van der Waals surface area contributed by atoms with Crippen molar-refractivity contribution in [1.29, 1.82) is 0 Å². The molecular weight excluding hydrogens is 295 g/mol. The number of aryl methyl sites for hydroxylation is 1. The Hall–Kier alpha value is -2.82. The van der Waals surface area contributed by atoms with Crippen LogP contribution < -0.4 is 4.57 Å². The summed E-state index contributed by atoms with van der Waals surface area (Å²) in [5, 5.41) is 0. The quantitative estimate of drug-likeness (QED) is 0.517. The molecule has 4 nitrogen and oxygen atoms in total. The van der Waals surface area contributed by atoms with E-state index in [0.29, 0.717) is 17.9 Å². The number of aromatic nitrogens is 2. The van der Waals surface area contributed by atoms with E-state index in [9.17, 15) is 9.18 Å². The predicted octanol–water partition coefficient (Wildman–Crippen LogP) is 3.43. The Bertz CT molecular complexity index is 766. The average molecular weight is 311 g/mol. The summed E-state index contributed by atoms with van der Waals surface area (Å²) in [4.78, 5) is 16.1. The normalized spacial score (nSPS) is 10.7. The van der Waals surface area contributed by atoms with Gasteiger partial charge in [0, 0.05) is 36.1 Å². The highest BCUT2D eigenvalue weighted by atomic mass is 19.1. The minimum Gasteiger partial charge on any atom is -0.445 e. The van der Waals surface area contributed by atoms with Crippen molar-refractivity contribution in [2.75, 3.05) is 0 Å². The Morgan fingerprint density at radius 3 is 2.52 bits per heavy atom. The Morgan fingerprint density at radius 1 is 1.13 bits per heavy atom. The Labute approximate surface area is 133 Å². The van der Waals surface area contributed by atoms with Crippen molar-refractivity contribution in [2.45, 2.75) is 19.4 Å². The fourth-order valence-electron chi connectivity index (χ4n) is 2.32. The summed E-state index contributed by atoms with van der Waals surface area (Å²) in [6.07, 6.45) is 8.16. The zero-order valence-corrected chi connectivity index (χ0v) is 12.5. The van der Waals surface area contributed by atoms with Crippen LogP contribution in [-0.2, 0) is 6.54 Å². The molecule has 2 heterocycles. The zero-order chi connectivity index (χ0) is 16.1. The lowest BCUT2D eigenvalue weighted by Gasteiger charge is -2.00. The topological polar surface area (TPSA) is 47.0 Å². The van der Waals surface area contributed by atoms with Crippen LogP contribution in [0.2, 0.25) is 0 Å². The maximum Gasteiger partial charge on any atom is 0.226 e. The SMILES string of the molecule is O=C(CCC[n+]1ccc(-c2ncco2)cc1)c1ccc(F)cc1. The lowest BCUT2D eigenvalue weighted by atomic mass is 10.1. The molecule has 5 heteroatoms. The summed E-state index contributed by atoms with van der Waals surface area (Å²) in [5.74, 6) is 0.286. The third-order valence-corrected chi connectivity index (χ3v) is 3.56. The van der Waals surface area contributed by atoms with E-state index in [1.165, 1.54) is 30.5 Å². The van der Waals surface area contributed by atoms with Gasteiger partial charge in [0.1, 0.15) is 18.6 Å². The summed E-state index contributed by atoms with van der Waals surface area (Å²) >= 11 is 0. The van der Waals surface area contributed by atoms with Gasteiger partial charge in [-0.2, -0.15) is 0 Å². The molecule has 3 aromatic rings. The van der Waals surface area contributed by atoms with Crippen LogP contribution in [0, 0.1) is 5.82 Å². The van der Waals surface area contributed by atoms with E-state index in [2.05, 4.69) is 4.98 Å². The molecule has 0 unspecified atom stereocenters. The highest BCUT2D eigenvalue weighted by Gasteiger charge is 2.09. The number of pyridine rings is 1. The van der Waals surface area contributed by atoms with Crippen molar-refractivity contribution < 1.29 is 18.2 Å². The third kappa shape index (κ3) is 3.88. The molecule has 0 N–H and O–H groups in total. The first-order valence-electron chi connectivity index (χ1n) is 7.40. The molecule has 0 saturated carbocycles. The molecule has 0 bridgehead atoms. The highest BCUT2D eigenvalue weighted by molar-refractivity contribution is 5.95. The van der Waals surface area contributed by atoms with Crippen LogP contribution in [0.15, 0.2) is 65.7 Å². The average Bonchev–Trinajstić information content (AvgIpc) is 3.10. The van der Waals surface area contributed by atoms with Gasteiger partial charge in [-0.15, -0.1) is 0 Å². The second kappa shape index (κ2) is 6.96. The maximum absolute atomic E-state index is 12.8. The summed E-state index contributed by atoms with van der Waals surface area (Å²) in [7, 11) is 0. The molecule has 0 amide bonds. The van der Waals surface area contributed by atoms with Crippen molar-refractivity contribution in [3.8, 4) is 11.5 Å². The van der Waals surface area contributed by atoms with Gasteiger partial charge in [0.05, 0.1) is 6.20 Å². The van der Waals surface area contributed by atoms with E-state index in [0.717, 1.165) is 18.5 Å². The number of benzene rings is 1. The summed E-state index contributed by atoms with van der Waals surface area (Å²) in [5.41, 5.74) is 1.46. The van der Waals surface area contributed by atoms with Gasteiger partial charge in [-0.25, -0.2) is 13.9 Å². The molecule has 0 saturated heterocycles. The number of carbonyl (C=O) groups excluding carboxylic acids is 1. The molecule has 23 heavy (non-hydrogen) atoms. The van der Waals surface area contributed by atoms with Gasteiger partial charge in [0.2, 0.25) is 5.89 Å². The van der Waals surface area contributed by atoms with E-state index < -0.39 is 0 Å². The number of Topliss-reactive ketones (excluding diaryl/α,β-unsaturated/α-hetero) is 1. The molecule has 0 radical (unpaired) electrons. The largest absolute Gasteiger partial charge is 0.445 e. The smallest absolute Gasteiger partial charge is 0.226 e. The number of hydrogen-bond acceptors (Lipinski definition) is 3. The van der Waals surface area contributed by atoms with Gasteiger partial charge >= 0.3 is 0 Å². The molecule has 116 valence electrons. The summed E-state index contributed by atoms with van der Waals surface area (Å²) in [6.45, 7) is 0.735. The molecule has 0 atom stereocenters. The number of hydrogen-bond donors (Lipinski definition) is 0. The first kappa shape index (κ1) is 15.1. The zero-order valence-electron chi connectivity index (χ0n) is 12.5. The number of nitrogens with zero attached hydrogens (tertiary/aromatic N) is 2. The van der Waals surface area contributed by atoms with E-state index in [-0.39, 0.29) is 11.6 Å². The van der Waals surface area contributed by atoms with Gasteiger partial charge in [0.15, 0.2) is 18.2 Å². The predicted molar refractivity (Wildman–Crippen MR) is 82.1 cm³/mol. The number of halogens is 1. The van der Waals surface area contributed by atoms with E-state index in [4.69, 9.17) is 4.42 Å². The minimum absolute atomic E-state index is 0.0296. The van der Waals surface area contributed by atoms with Crippen LogP contribution >= 0.6 is 0 Å². The van der Waals surface area contributed by atoms with Crippen LogP contribution in [0.4, 0.5) is 4.39 Å². The number of carbonyl (C=O) groups is 1. The first-order chi connectivity index (χ1) is 11.2. The Kier molecular flexibility index (Phi) is 4.57. The summed E-state index contributed by atoms with van der Waals surface area (Å²) < 4.78 is 20.1. The standard InChI is InChI=1S/C18H16FN2O2/c19-16-5-3-14(4-6-16)17(22)2-1-10-21-11-7-15(8-12-21)18-20-9-13-23-18/h3-9,11-13H,1-2,10H2/q+1. The van der Waals surface area contributed by atoms with Crippen molar-refractivity contribution in [1.82, 2.24) is 4.98 Å². The molecule has 0 aliphatic heterocycles. The second-order valence-electron chi connectivity index (χ2n) is 5.20. The molecule has 0 fully saturated rings. The summed E-state index contributed by atoms with van der Waals surface area (Å²) in [6, 6.07) is 9.51. The molecule has 1 aromatic carbocycles. The maximum atomic E-state index is 12.8. The number of ketones is 1. The fraction of sp³-hybridized carbons (Fsp3) is 0.167. The lowest BCUT2D eigenvalue weighted by Crippen LogP contribution is -2.32. The fourth-order valence-corrected chi connectivity index (χ4v) is 2.32. The van der Waals surface area contributed by atoms with E-state index in [1.54, 1.807) is 6.20 Å². The van der Waals surface area contributed by atoms with Crippen molar-refractivity contribution in [3.63, 3.8) is 0 Å². The van der Waals surface area contributed by atoms with Crippen LogP contribution in [-0.4, -0.2) is 10.8 Å². The lowest BCUT2D eigenvalue weighted by molar-refractivity contribution is -0.697. The Morgan fingerprint density at radius 2 is 1.87 bits per heavy atom. The molecular formula is C18H16FN2O2+. The molecule has 3 rings (SSSR count). The van der Waals surface area contributed by atoms with Crippen molar-refractivity contribution in [3.05, 3.63) is 72.6 Å². The van der Waals surface area contributed by atoms with Gasteiger partial charge in [-0.05, 0) is 24.3 Å². The van der Waals surface area contributed by atoms with Crippen LogP contribution in [0.25, 0.3) is 11.5 Å².